The van der Waals surface area contributed by atoms with E-state index in [1.54, 1.807) is 0 Å². The van der Waals surface area contributed by atoms with Gasteiger partial charge in [0.25, 0.3) is 0 Å². The Morgan fingerprint density at radius 1 is 1.00 bits per heavy atom. The summed E-state index contributed by atoms with van der Waals surface area (Å²) in [7, 11) is 0. The predicted molar refractivity (Wildman–Crippen MR) is 76.1 cm³/mol. The second-order valence-corrected chi connectivity index (χ2v) is 4.39. The fourth-order valence-electron chi connectivity index (χ4n) is 1.82. The molecule has 1 aromatic rings. The zero-order valence-electron chi connectivity index (χ0n) is 11.8. The number of rotatable bonds is 8. The Balaban J connectivity index is 0. The molecular weight excluding hydrogens is 298 g/mol. The quantitative estimate of drug-likeness (QED) is 0.498. The van der Waals surface area contributed by atoms with Crippen molar-refractivity contribution in [1.29, 1.82) is 0 Å². The third kappa shape index (κ3) is 9.37. The molecule has 1 nitrogen and oxygen atoms in total. The average Bonchev–Trinajstić information content (AvgIpc) is 2.34. The molecule has 0 spiro atoms. The Kier molecular flexibility index (Phi) is 16.0. The van der Waals surface area contributed by atoms with Gasteiger partial charge in [-0.15, -0.1) is 5.56 Å². The molecule has 0 atom stereocenters. The molecule has 0 saturated heterocycles. The summed E-state index contributed by atoms with van der Waals surface area (Å²) in [4.78, 5) is 2.57. The average molecular weight is 323 g/mol. The Bertz CT molecular complexity index is 258. The number of benzene rings is 1. The van der Waals surface area contributed by atoms with E-state index in [0.29, 0.717) is 0 Å². The van der Waals surface area contributed by atoms with Crippen LogP contribution < -0.4 is 17.0 Å². The second-order valence-electron chi connectivity index (χ2n) is 4.39. The van der Waals surface area contributed by atoms with Gasteiger partial charge in [-0.1, -0.05) is 26.7 Å². The summed E-state index contributed by atoms with van der Waals surface area (Å²) in [6.07, 6.45) is 5.18. The van der Waals surface area contributed by atoms with Crippen molar-refractivity contribution in [3.8, 4) is 0 Å². The third-order valence-corrected chi connectivity index (χ3v) is 2.85. The molecule has 1 rings (SSSR count). The number of nitrogens with zero attached hydrogens (tertiary/aromatic N) is 1. The van der Waals surface area contributed by atoms with Gasteiger partial charge < -0.3 is 21.9 Å². The van der Waals surface area contributed by atoms with Crippen molar-refractivity contribution < 1.29 is 17.0 Å². The summed E-state index contributed by atoms with van der Waals surface area (Å²) in [5, 5.41) is 0. The summed E-state index contributed by atoms with van der Waals surface area (Å²) in [5.74, 6) is 0. The Morgan fingerprint density at radius 3 is 1.94 bits per heavy atom. The van der Waals surface area contributed by atoms with E-state index in [-0.39, 0.29) is 40.0 Å². The molecule has 0 unspecified atom stereocenters. The normalized spacial score (nSPS) is 9.72. The van der Waals surface area contributed by atoms with Crippen LogP contribution in [0.4, 0.5) is 0 Å². The van der Waals surface area contributed by atoms with Gasteiger partial charge >= 0.3 is 23.1 Å². The van der Waals surface area contributed by atoms with E-state index in [9.17, 15) is 0 Å². The van der Waals surface area contributed by atoms with Gasteiger partial charge in [0.1, 0.15) is 0 Å². The van der Waals surface area contributed by atoms with E-state index in [4.69, 9.17) is 0 Å². The first kappa shape index (κ1) is 20.7. The monoisotopic (exact) mass is 321 g/mol. The summed E-state index contributed by atoms with van der Waals surface area (Å²) in [5.41, 5.74) is 1.41. The molecule has 0 radical (unpaired) electrons. The number of hydrogen-bond donors (Lipinski definition) is 0. The van der Waals surface area contributed by atoms with Gasteiger partial charge in [-0.05, 0) is 25.9 Å². The van der Waals surface area contributed by atoms with Crippen molar-refractivity contribution >= 4 is 23.1 Å². The largest absolute Gasteiger partial charge is 2.00 e. The molecule has 0 fully saturated rings. The first-order valence-corrected chi connectivity index (χ1v) is 6.54. The number of halogens is 1. The van der Waals surface area contributed by atoms with E-state index in [0.717, 1.165) is 6.54 Å². The van der Waals surface area contributed by atoms with Crippen LogP contribution in [0.5, 0.6) is 0 Å². The maximum atomic E-state index is 3.07. The standard InChI is InChI=1S/C15H24N.BrH.Mg/c1-3-5-12-16(13-6-4-2)14-15-10-8-7-9-11-15;;/h8-11H,3-6,12-14H2,1-2H3;1H;/q-1;;+2/p-1. The van der Waals surface area contributed by atoms with Crippen LogP contribution in [0.15, 0.2) is 24.3 Å². The van der Waals surface area contributed by atoms with Crippen molar-refractivity contribution in [2.75, 3.05) is 13.1 Å². The molecule has 0 N–H and O–H groups in total. The van der Waals surface area contributed by atoms with Gasteiger partial charge in [0, 0.05) is 6.54 Å². The molecule has 3 heteroatoms. The molecule has 0 amide bonds. The summed E-state index contributed by atoms with van der Waals surface area (Å²) in [6, 6.07) is 11.4. The zero-order chi connectivity index (χ0) is 11.6. The van der Waals surface area contributed by atoms with Crippen molar-refractivity contribution in [3.05, 3.63) is 35.9 Å². The van der Waals surface area contributed by atoms with Crippen LogP contribution in [-0.2, 0) is 6.54 Å². The van der Waals surface area contributed by atoms with Gasteiger partial charge in [0.05, 0.1) is 0 Å². The molecule has 0 heterocycles. The van der Waals surface area contributed by atoms with Gasteiger partial charge in [-0.3, -0.25) is 0 Å². The first-order valence-electron chi connectivity index (χ1n) is 6.54. The van der Waals surface area contributed by atoms with Crippen LogP contribution in [0.2, 0.25) is 0 Å². The van der Waals surface area contributed by atoms with Crippen molar-refractivity contribution in [3.63, 3.8) is 0 Å². The van der Waals surface area contributed by atoms with Crippen molar-refractivity contribution in [2.45, 2.75) is 46.1 Å². The molecule has 98 valence electrons. The van der Waals surface area contributed by atoms with E-state index >= 15 is 0 Å². The first-order chi connectivity index (χ1) is 7.86. The van der Waals surface area contributed by atoms with Crippen molar-refractivity contribution in [2.24, 2.45) is 0 Å². The molecule has 0 aliphatic carbocycles. The van der Waals surface area contributed by atoms with Gasteiger partial charge in [0.15, 0.2) is 0 Å². The van der Waals surface area contributed by atoms with Crippen LogP contribution >= 0.6 is 0 Å². The molecule has 0 aliphatic heterocycles. The van der Waals surface area contributed by atoms with Crippen LogP contribution in [0.3, 0.4) is 0 Å². The second kappa shape index (κ2) is 13.8. The minimum Gasteiger partial charge on any atom is -1.00 e. The van der Waals surface area contributed by atoms with Gasteiger partial charge in [-0.25, -0.2) is 0 Å². The zero-order valence-corrected chi connectivity index (χ0v) is 14.8. The van der Waals surface area contributed by atoms with Crippen LogP contribution in [0.25, 0.3) is 0 Å². The van der Waals surface area contributed by atoms with Gasteiger partial charge in [-0.2, -0.15) is 30.3 Å². The molecule has 18 heavy (non-hydrogen) atoms. The summed E-state index contributed by atoms with van der Waals surface area (Å²) >= 11 is 0. The molecule has 0 aromatic heterocycles. The van der Waals surface area contributed by atoms with E-state index in [1.165, 1.54) is 44.3 Å². The minimum atomic E-state index is 0. The Morgan fingerprint density at radius 2 is 1.50 bits per heavy atom. The fourth-order valence-corrected chi connectivity index (χ4v) is 1.82. The predicted octanol–water partition coefficient (Wildman–Crippen LogP) is 0.512. The van der Waals surface area contributed by atoms with Crippen LogP contribution in [-0.4, -0.2) is 41.0 Å². The molecule has 0 saturated carbocycles. The maximum Gasteiger partial charge on any atom is 2.00 e. The van der Waals surface area contributed by atoms with Crippen LogP contribution in [0, 0.1) is 6.07 Å². The van der Waals surface area contributed by atoms with E-state index < -0.39 is 0 Å². The SMILES string of the molecule is CCCCN(CCCC)Cc1cc[c-]cc1.[Br-].[Mg+2]. The summed E-state index contributed by atoms with van der Waals surface area (Å²) in [6.45, 7) is 8.07. The molecule has 1 aromatic carbocycles. The van der Waals surface area contributed by atoms with E-state index in [1.807, 2.05) is 12.1 Å². The smallest absolute Gasteiger partial charge is 1.00 e. The molecule has 0 bridgehead atoms. The number of hydrogen-bond acceptors (Lipinski definition) is 1. The number of unbranched alkanes of at least 4 members (excludes halogenated alkanes) is 2. The van der Waals surface area contributed by atoms with E-state index in [2.05, 4.69) is 36.9 Å². The summed E-state index contributed by atoms with van der Waals surface area (Å²) < 4.78 is 0. The Hall–Kier alpha value is 0.426. The third-order valence-electron chi connectivity index (χ3n) is 2.85. The topological polar surface area (TPSA) is 3.24 Å². The fraction of sp³-hybridized carbons (Fsp3) is 0.600. The molecule has 0 aliphatic rings. The minimum absolute atomic E-state index is 0. The maximum absolute atomic E-state index is 3.07. The van der Waals surface area contributed by atoms with Crippen LogP contribution in [0.1, 0.15) is 45.1 Å². The van der Waals surface area contributed by atoms with Gasteiger partial charge in [0.2, 0.25) is 0 Å². The van der Waals surface area contributed by atoms with Crippen molar-refractivity contribution in [1.82, 2.24) is 4.90 Å². The molecular formula is C15H24BrMgN. The Labute approximate surface area is 139 Å².